The fraction of sp³-hybridized carbons (Fsp3) is 0.316. The Morgan fingerprint density at radius 3 is 2.76 bits per heavy atom. The van der Waals surface area contributed by atoms with E-state index in [2.05, 4.69) is 43.7 Å². The van der Waals surface area contributed by atoms with Crippen LogP contribution in [-0.4, -0.2) is 27.3 Å². The van der Waals surface area contributed by atoms with E-state index in [4.69, 9.17) is 32.7 Å². The van der Waals surface area contributed by atoms with E-state index in [1.54, 1.807) is 23.9 Å². The average Bonchev–Trinajstić information content (AvgIpc) is 3.13. The summed E-state index contributed by atoms with van der Waals surface area (Å²) in [6.45, 7) is 3.64. The third-order valence-electron chi connectivity index (χ3n) is 4.09. The molecule has 29 heavy (non-hydrogen) atoms. The predicted octanol–water partition coefficient (Wildman–Crippen LogP) is 5.35. The minimum Gasteiger partial charge on any atom is -0.493 e. The smallest absolute Gasteiger partial charge is 0.243 e. The Bertz CT molecular complexity index is 983. The van der Waals surface area contributed by atoms with E-state index in [1.807, 2.05) is 18.2 Å². The fourth-order valence-corrected chi connectivity index (χ4v) is 3.75. The number of methoxy groups -OCH3 is 1. The third-order valence-corrected chi connectivity index (χ3v) is 5.27. The van der Waals surface area contributed by atoms with Gasteiger partial charge in [-0.15, -0.1) is 0 Å². The van der Waals surface area contributed by atoms with Gasteiger partial charge in [0.1, 0.15) is 6.61 Å². The van der Waals surface area contributed by atoms with Gasteiger partial charge < -0.3 is 14.8 Å². The van der Waals surface area contributed by atoms with Crippen LogP contribution in [0.1, 0.15) is 24.5 Å². The van der Waals surface area contributed by atoms with Crippen LogP contribution in [0.15, 0.2) is 34.8 Å². The van der Waals surface area contributed by atoms with Crippen LogP contribution < -0.4 is 14.8 Å². The Labute approximate surface area is 187 Å². The first-order valence-electron chi connectivity index (χ1n) is 8.95. The fourth-order valence-electron chi connectivity index (χ4n) is 2.68. The molecule has 0 spiro atoms. The molecule has 0 bridgehead atoms. The zero-order chi connectivity index (χ0) is 20.8. The van der Waals surface area contributed by atoms with Crippen molar-refractivity contribution in [3.05, 3.63) is 56.0 Å². The maximum atomic E-state index is 6.23. The Hall–Kier alpha value is -2.03. The van der Waals surface area contributed by atoms with Crippen molar-refractivity contribution in [2.75, 3.05) is 12.4 Å². The van der Waals surface area contributed by atoms with Gasteiger partial charge in [0.2, 0.25) is 5.95 Å². The van der Waals surface area contributed by atoms with E-state index < -0.39 is 0 Å². The average molecular weight is 501 g/mol. The van der Waals surface area contributed by atoms with Crippen molar-refractivity contribution in [2.45, 2.75) is 33.0 Å². The Morgan fingerprint density at radius 1 is 1.21 bits per heavy atom. The summed E-state index contributed by atoms with van der Waals surface area (Å²) in [5.41, 5.74) is 1.81. The molecule has 2 aromatic carbocycles. The molecule has 7 nitrogen and oxygen atoms in total. The monoisotopic (exact) mass is 499 g/mol. The number of anilines is 1. The second-order valence-corrected chi connectivity index (χ2v) is 7.91. The molecule has 3 aromatic rings. The highest BCUT2D eigenvalue weighted by molar-refractivity contribution is 9.10. The van der Waals surface area contributed by atoms with E-state index in [1.165, 1.54) is 0 Å². The molecular formula is C19H20BrCl2N5O2. The minimum atomic E-state index is 0.286. The van der Waals surface area contributed by atoms with Crippen molar-refractivity contribution < 1.29 is 9.47 Å². The number of aryl methyl sites for hydroxylation is 1. The maximum absolute atomic E-state index is 6.23. The lowest BCUT2D eigenvalue weighted by molar-refractivity contribution is 0.282. The van der Waals surface area contributed by atoms with E-state index >= 15 is 0 Å². The lowest BCUT2D eigenvalue weighted by atomic mass is 10.2. The molecule has 0 amide bonds. The van der Waals surface area contributed by atoms with E-state index in [0.29, 0.717) is 34.0 Å². The largest absolute Gasteiger partial charge is 0.493 e. The van der Waals surface area contributed by atoms with Crippen molar-refractivity contribution in [3.63, 3.8) is 0 Å². The molecule has 0 unspecified atom stereocenters. The zero-order valence-electron chi connectivity index (χ0n) is 16.0. The van der Waals surface area contributed by atoms with Crippen LogP contribution in [0.2, 0.25) is 10.0 Å². The number of benzene rings is 2. The summed E-state index contributed by atoms with van der Waals surface area (Å²) in [6.07, 6.45) is 0.947. The SMILES string of the molecule is CCCn1nnnc1NCc1cc(Br)c(OCc2ccc(Cl)cc2Cl)c(OC)c1. The number of hydrogen-bond donors (Lipinski definition) is 1. The molecule has 0 saturated carbocycles. The molecule has 10 heteroatoms. The van der Waals surface area contributed by atoms with Crippen LogP contribution in [0, 0.1) is 0 Å². The number of tetrazole rings is 1. The summed E-state index contributed by atoms with van der Waals surface area (Å²) < 4.78 is 14.0. The van der Waals surface area contributed by atoms with Gasteiger partial charge in [0.25, 0.3) is 0 Å². The zero-order valence-corrected chi connectivity index (χ0v) is 19.1. The van der Waals surface area contributed by atoms with Crippen LogP contribution >= 0.6 is 39.1 Å². The summed E-state index contributed by atoms with van der Waals surface area (Å²) >= 11 is 15.7. The molecule has 0 atom stereocenters. The number of halogens is 3. The highest BCUT2D eigenvalue weighted by Gasteiger charge is 2.14. The van der Waals surface area contributed by atoms with Crippen LogP contribution in [-0.2, 0) is 19.7 Å². The molecule has 154 valence electrons. The lowest BCUT2D eigenvalue weighted by Gasteiger charge is -2.15. The molecule has 0 fully saturated rings. The molecule has 1 N–H and O–H groups in total. The van der Waals surface area contributed by atoms with E-state index in [0.717, 1.165) is 28.6 Å². The van der Waals surface area contributed by atoms with Gasteiger partial charge >= 0.3 is 0 Å². The van der Waals surface area contributed by atoms with Gasteiger partial charge in [0.05, 0.1) is 11.6 Å². The summed E-state index contributed by atoms with van der Waals surface area (Å²) in [7, 11) is 1.60. The molecule has 0 saturated heterocycles. The molecule has 0 aliphatic heterocycles. The molecule has 3 rings (SSSR count). The molecule has 1 heterocycles. The summed E-state index contributed by atoms with van der Waals surface area (Å²) in [6, 6.07) is 9.17. The number of hydrogen-bond acceptors (Lipinski definition) is 6. The van der Waals surface area contributed by atoms with Crippen LogP contribution in [0.3, 0.4) is 0 Å². The molecule has 0 aliphatic rings. The third kappa shape index (κ3) is 5.52. The topological polar surface area (TPSA) is 74.1 Å². The van der Waals surface area contributed by atoms with Gasteiger partial charge in [0, 0.05) is 28.7 Å². The second kappa shape index (κ2) is 10.1. The van der Waals surface area contributed by atoms with Crippen molar-refractivity contribution >= 4 is 45.1 Å². The second-order valence-electron chi connectivity index (χ2n) is 6.21. The number of aromatic nitrogens is 4. The van der Waals surface area contributed by atoms with Gasteiger partial charge in [-0.25, -0.2) is 4.68 Å². The Kier molecular flexibility index (Phi) is 7.57. The Morgan fingerprint density at radius 2 is 2.03 bits per heavy atom. The van der Waals surface area contributed by atoms with Crippen molar-refractivity contribution in [3.8, 4) is 11.5 Å². The number of nitrogens with zero attached hydrogens (tertiary/aromatic N) is 4. The molecular weight excluding hydrogens is 481 g/mol. The normalized spacial score (nSPS) is 10.8. The number of rotatable bonds is 9. The van der Waals surface area contributed by atoms with E-state index in [-0.39, 0.29) is 6.61 Å². The van der Waals surface area contributed by atoms with Crippen LogP contribution in [0.5, 0.6) is 11.5 Å². The minimum absolute atomic E-state index is 0.286. The van der Waals surface area contributed by atoms with Crippen molar-refractivity contribution in [1.82, 2.24) is 20.2 Å². The van der Waals surface area contributed by atoms with Crippen molar-refractivity contribution in [1.29, 1.82) is 0 Å². The van der Waals surface area contributed by atoms with Gasteiger partial charge in [-0.1, -0.05) is 41.3 Å². The van der Waals surface area contributed by atoms with E-state index in [9.17, 15) is 0 Å². The molecule has 0 aliphatic carbocycles. The quantitative estimate of drug-likeness (QED) is 0.426. The van der Waals surface area contributed by atoms with Gasteiger partial charge in [-0.3, -0.25) is 0 Å². The first-order chi connectivity index (χ1) is 14.0. The number of ether oxygens (including phenoxy) is 2. The predicted molar refractivity (Wildman–Crippen MR) is 117 cm³/mol. The maximum Gasteiger partial charge on any atom is 0.243 e. The highest BCUT2D eigenvalue weighted by Crippen LogP contribution is 2.37. The van der Waals surface area contributed by atoms with Crippen LogP contribution in [0.4, 0.5) is 5.95 Å². The van der Waals surface area contributed by atoms with Gasteiger partial charge in [-0.2, -0.15) is 0 Å². The first kappa shape index (κ1) is 21.7. The van der Waals surface area contributed by atoms with Crippen LogP contribution in [0.25, 0.3) is 0 Å². The number of nitrogens with one attached hydrogen (secondary N) is 1. The first-order valence-corrected chi connectivity index (χ1v) is 10.5. The van der Waals surface area contributed by atoms with Crippen molar-refractivity contribution in [2.24, 2.45) is 0 Å². The lowest BCUT2D eigenvalue weighted by Crippen LogP contribution is -2.09. The summed E-state index contributed by atoms with van der Waals surface area (Å²) in [4.78, 5) is 0. The summed E-state index contributed by atoms with van der Waals surface area (Å²) in [5, 5.41) is 16.1. The summed E-state index contributed by atoms with van der Waals surface area (Å²) in [5.74, 6) is 1.83. The molecule has 0 radical (unpaired) electrons. The highest BCUT2D eigenvalue weighted by atomic mass is 79.9. The van der Waals surface area contributed by atoms with Gasteiger partial charge in [0.15, 0.2) is 11.5 Å². The van der Waals surface area contributed by atoms with Gasteiger partial charge in [-0.05, 0) is 62.6 Å². The Balaban J connectivity index is 1.72. The standard InChI is InChI=1S/C19H20BrCl2N5O2/c1-3-6-27-19(24-25-26-27)23-10-12-7-15(20)18(17(8-12)28-2)29-11-13-4-5-14(21)9-16(13)22/h4-5,7-9H,3,6,10-11H2,1-2H3,(H,23,24,26). The molecule has 1 aromatic heterocycles.